The van der Waals surface area contributed by atoms with Gasteiger partial charge in [-0.15, -0.1) is 0 Å². The molecule has 148 valence electrons. The van der Waals surface area contributed by atoms with Crippen molar-refractivity contribution in [3.05, 3.63) is 58.9 Å². The van der Waals surface area contributed by atoms with Crippen molar-refractivity contribution in [2.45, 2.75) is 12.8 Å². The maximum Gasteiger partial charge on any atom is 0.265 e. The molecule has 8 heteroatoms. The van der Waals surface area contributed by atoms with E-state index in [0.29, 0.717) is 0 Å². The number of nitrogens with one attached hydrogen (secondary N) is 2. The highest BCUT2D eigenvalue weighted by molar-refractivity contribution is 5.96. The summed E-state index contributed by atoms with van der Waals surface area (Å²) < 4.78 is 13.0. The molecule has 1 aliphatic heterocycles. The second kappa shape index (κ2) is 10.2. The Morgan fingerprint density at radius 3 is 2.29 bits per heavy atom. The van der Waals surface area contributed by atoms with E-state index in [1.54, 1.807) is 0 Å². The number of phenols is 1. The van der Waals surface area contributed by atoms with Gasteiger partial charge in [0.1, 0.15) is 6.29 Å². The zero-order valence-corrected chi connectivity index (χ0v) is 15.4. The average molecular weight is 387 g/mol. The summed E-state index contributed by atoms with van der Waals surface area (Å²) in [4.78, 5) is 34.5. The van der Waals surface area contributed by atoms with Crippen molar-refractivity contribution >= 4 is 24.2 Å². The Balaban J connectivity index is 0.000000202. The molecule has 2 aromatic rings. The van der Waals surface area contributed by atoms with Gasteiger partial charge in [-0.2, -0.15) is 0 Å². The first-order valence-electron chi connectivity index (χ1n) is 8.75. The lowest BCUT2D eigenvalue weighted by molar-refractivity contribution is 0.0937. The number of halogens is 1. The molecular weight excluding hydrogens is 365 g/mol. The summed E-state index contributed by atoms with van der Waals surface area (Å²) in [5.74, 6) is -2.37. The zero-order chi connectivity index (χ0) is 20.5. The molecule has 0 aliphatic carbocycles. The number of hydrazine groups is 1. The van der Waals surface area contributed by atoms with Crippen molar-refractivity contribution in [3.63, 3.8) is 0 Å². The van der Waals surface area contributed by atoms with Gasteiger partial charge in [-0.25, -0.2) is 9.82 Å². The Hall–Kier alpha value is -3.26. The molecule has 0 aromatic heterocycles. The van der Waals surface area contributed by atoms with Gasteiger partial charge in [-0.1, -0.05) is 0 Å². The Morgan fingerprint density at radius 1 is 1.11 bits per heavy atom. The van der Waals surface area contributed by atoms with E-state index in [1.165, 1.54) is 25.6 Å². The summed E-state index contributed by atoms with van der Waals surface area (Å²) in [6.07, 6.45) is 3.73. The van der Waals surface area contributed by atoms with Gasteiger partial charge in [-0.05, 0) is 49.2 Å². The summed E-state index contributed by atoms with van der Waals surface area (Å²) in [6.45, 7) is 2.31. The number of carbonyl (C=O) groups is 3. The van der Waals surface area contributed by atoms with Crippen molar-refractivity contribution in [2.24, 2.45) is 0 Å². The molecule has 0 saturated carbocycles. The molecule has 1 fully saturated rings. The van der Waals surface area contributed by atoms with Crippen LogP contribution in [0.3, 0.4) is 0 Å². The Bertz CT molecular complexity index is 834. The van der Waals surface area contributed by atoms with E-state index in [1.807, 2.05) is 24.3 Å². The number of benzene rings is 2. The summed E-state index contributed by atoms with van der Waals surface area (Å²) in [6, 6.07) is 9.73. The molecule has 0 spiro atoms. The number of carbonyl (C=O) groups excluding carboxylic acids is 3. The molecule has 3 rings (SSSR count). The summed E-state index contributed by atoms with van der Waals surface area (Å²) in [5, 5.41) is 9.08. The van der Waals surface area contributed by atoms with Gasteiger partial charge < -0.3 is 10.0 Å². The molecule has 0 atom stereocenters. The average Bonchev–Trinajstić information content (AvgIpc) is 3.25. The zero-order valence-electron chi connectivity index (χ0n) is 15.4. The first-order chi connectivity index (χ1) is 13.5. The van der Waals surface area contributed by atoms with Crippen LogP contribution in [-0.4, -0.2) is 43.7 Å². The minimum atomic E-state index is -1.01. The monoisotopic (exact) mass is 387 g/mol. The smallest absolute Gasteiger partial charge is 0.265 e. The van der Waals surface area contributed by atoms with Crippen LogP contribution in [-0.2, 0) is 0 Å². The topological polar surface area (TPSA) is 98.7 Å². The van der Waals surface area contributed by atoms with Gasteiger partial charge in [0.15, 0.2) is 17.9 Å². The van der Waals surface area contributed by atoms with Gasteiger partial charge in [0.05, 0.1) is 5.56 Å². The minimum Gasteiger partial charge on any atom is -0.504 e. The molecule has 28 heavy (non-hydrogen) atoms. The quantitative estimate of drug-likeness (QED) is 0.538. The van der Waals surface area contributed by atoms with E-state index in [0.717, 1.165) is 37.1 Å². The first-order valence-corrected chi connectivity index (χ1v) is 8.75. The summed E-state index contributed by atoms with van der Waals surface area (Å²) in [5.41, 5.74) is 6.24. The fraction of sp³-hybridized carbons (Fsp3) is 0.250. The fourth-order valence-electron chi connectivity index (χ4n) is 2.77. The highest BCUT2D eigenvalue weighted by Gasteiger charge is 2.13. The third kappa shape index (κ3) is 5.37. The van der Waals surface area contributed by atoms with Crippen LogP contribution in [0.5, 0.6) is 5.75 Å². The van der Waals surface area contributed by atoms with Crippen LogP contribution in [0.25, 0.3) is 0 Å². The first kappa shape index (κ1) is 21.0. The molecule has 1 saturated heterocycles. The van der Waals surface area contributed by atoms with Crippen LogP contribution in [0, 0.1) is 5.82 Å². The third-order valence-corrected chi connectivity index (χ3v) is 4.22. The summed E-state index contributed by atoms with van der Waals surface area (Å²) >= 11 is 0. The molecule has 0 unspecified atom stereocenters. The van der Waals surface area contributed by atoms with Crippen molar-refractivity contribution in [2.75, 3.05) is 25.0 Å². The maximum absolute atomic E-state index is 13.0. The number of aldehydes is 2. The number of hydrogen-bond donors (Lipinski definition) is 3. The standard InChI is InChI=1S/C11H13NO.C9H9FN2O3/c13-9-10-3-5-11(6-4-10)12-7-1-2-8-12;1-11-12-9(15)5-2-6(4-13)8(14)7(10)3-5/h3-6,9H,1-2,7-8H2;2-4,11,14H,1H3,(H,12,15). The molecular formula is C20H22FN3O4. The van der Waals surface area contributed by atoms with E-state index in [2.05, 4.69) is 15.8 Å². The van der Waals surface area contributed by atoms with Gasteiger partial charge in [0.25, 0.3) is 5.91 Å². The lowest BCUT2D eigenvalue weighted by atomic mass is 10.1. The second-order valence-corrected chi connectivity index (χ2v) is 6.12. The van der Waals surface area contributed by atoms with Gasteiger partial charge in [-0.3, -0.25) is 19.8 Å². The fourth-order valence-corrected chi connectivity index (χ4v) is 2.77. The van der Waals surface area contributed by atoms with Gasteiger partial charge >= 0.3 is 0 Å². The number of hydrogen-bond acceptors (Lipinski definition) is 6. The number of nitrogens with zero attached hydrogens (tertiary/aromatic N) is 1. The second-order valence-electron chi connectivity index (χ2n) is 6.12. The molecule has 2 aromatic carbocycles. The maximum atomic E-state index is 13.0. The number of amides is 1. The van der Waals surface area contributed by atoms with Crippen LogP contribution < -0.4 is 15.8 Å². The van der Waals surface area contributed by atoms with Crippen molar-refractivity contribution in [3.8, 4) is 5.75 Å². The van der Waals surface area contributed by atoms with Crippen molar-refractivity contribution in [1.82, 2.24) is 10.9 Å². The van der Waals surface area contributed by atoms with Gasteiger partial charge in [0.2, 0.25) is 0 Å². The molecule has 1 amide bonds. The minimum absolute atomic E-state index is 0.0539. The Labute approximate surface area is 162 Å². The predicted molar refractivity (Wildman–Crippen MR) is 103 cm³/mol. The van der Waals surface area contributed by atoms with Crippen LogP contribution in [0.15, 0.2) is 36.4 Å². The van der Waals surface area contributed by atoms with E-state index < -0.39 is 17.5 Å². The highest BCUT2D eigenvalue weighted by atomic mass is 19.1. The SMILES string of the molecule is CNNC(=O)c1cc(F)c(O)c(C=O)c1.O=Cc1ccc(N2CCCC2)cc1. The van der Waals surface area contributed by atoms with Crippen LogP contribution in [0.1, 0.15) is 43.9 Å². The van der Waals surface area contributed by atoms with Crippen LogP contribution in [0.2, 0.25) is 0 Å². The highest BCUT2D eigenvalue weighted by Crippen LogP contribution is 2.21. The lowest BCUT2D eigenvalue weighted by Gasteiger charge is -2.17. The molecule has 0 radical (unpaired) electrons. The molecule has 1 heterocycles. The Kier molecular flexibility index (Phi) is 7.65. The number of aromatic hydroxyl groups is 1. The lowest BCUT2D eigenvalue weighted by Crippen LogP contribution is -2.34. The van der Waals surface area contributed by atoms with Crippen LogP contribution in [0.4, 0.5) is 10.1 Å². The normalized spacial score (nSPS) is 12.7. The molecule has 0 bridgehead atoms. The molecule has 3 N–H and O–H groups in total. The predicted octanol–water partition coefficient (Wildman–Crippen LogP) is 2.31. The Morgan fingerprint density at radius 2 is 1.75 bits per heavy atom. The van der Waals surface area contributed by atoms with E-state index in [-0.39, 0.29) is 17.4 Å². The van der Waals surface area contributed by atoms with E-state index >= 15 is 0 Å². The number of anilines is 1. The van der Waals surface area contributed by atoms with Crippen molar-refractivity contribution in [1.29, 1.82) is 0 Å². The van der Waals surface area contributed by atoms with E-state index in [4.69, 9.17) is 5.11 Å². The molecule has 1 aliphatic rings. The van der Waals surface area contributed by atoms with Crippen molar-refractivity contribution < 1.29 is 23.9 Å². The number of rotatable bonds is 5. The largest absolute Gasteiger partial charge is 0.504 e. The van der Waals surface area contributed by atoms with E-state index in [9.17, 15) is 18.8 Å². The third-order valence-electron chi connectivity index (χ3n) is 4.22. The summed E-state index contributed by atoms with van der Waals surface area (Å²) in [7, 11) is 1.47. The van der Waals surface area contributed by atoms with Crippen LogP contribution >= 0.6 is 0 Å². The molecule has 7 nitrogen and oxygen atoms in total. The van der Waals surface area contributed by atoms with Gasteiger partial charge in [0, 0.05) is 37.0 Å². The number of phenolic OH excluding ortho intramolecular Hbond substituents is 1.